The first kappa shape index (κ1) is 17.6. The molecule has 0 saturated carbocycles. The number of carbonyl (C=O) groups excluding carboxylic acids is 1. The number of benzene rings is 2. The molecular weight excluding hydrogens is 354 g/mol. The van der Waals surface area contributed by atoms with Gasteiger partial charge in [0, 0.05) is 16.1 Å². The van der Waals surface area contributed by atoms with Crippen molar-refractivity contribution in [2.24, 2.45) is 0 Å². The second-order valence-electron chi connectivity index (χ2n) is 5.31. The maximum atomic E-state index is 12.1. The van der Waals surface area contributed by atoms with Crippen LogP contribution in [0, 0.1) is 6.92 Å². The second kappa shape index (κ2) is 8.22. The van der Waals surface area contributed by atoms with Crippen molar-refractivity contribution >= 4 is 35.1 Å². The van der Waals surface area contributed by atoms with Crippen molar-refractivity contribution in [3.8, 4) is 11.5 Å². The van der Waals surface area contributed by atoms with Crippen LogP contribution >= 0.6 is 23.5 Å². The van der Waals surface area contributed by atoms with Crippen molar-refractivity contribution in [1.29, 1.82) is 0 Å². The molecule has 5 nitrogen and oxygen atoms in total. The summed E-state index contributed by atoms with van der Waals surface area (Å²) >= 11 is 2.85. The van der Waals surface area contributed by atoms with Gasteiger partial charge in [-0.15, -0.1) is 22.0 Å². The molecule has 2 aromatic carbocycles. The minimum Gasteiger partial charge on any atom is -0.411 e. The third-order valence-corrected chi connectivity index (χ3v) is 4.90. The summed E-state index contributed by atoms with van der Waals surface area (Å²) in [7, 11) is 0. The molecule has 0 bridgehead atoms. The average molecular weight is 371 g/mol. The topological polar surface area (TPSA) is 68.0 Å². The van der Waals surface area contributed by atoms with Gasteiger partial charge in [-0.1, -0.05) is 35.5 Å². The van der Waals surface area contributed by atoms with Crippen LogP contribution in [0.25, 0.3) is 11.5 Å². The first-order chi connectivity index (χ1) is 12.1. The Morgan fingerprint density at radius 1 is 1.16 bits per heavy atom. The van der Waals surface area contributed by atoms with E-state index in [-0.39, 0.29) is 11.7 Å². The Morgan fingerprint density at radius 3 is 2.80 bits per heavy atom. The van der Waals surface area contributed by atoms with Crippen molar-refractivity contribution in [3.05, 3.63) is 54.1 Å². The predicted molar refractivity (Wildman–Crippen MR) is 102 cm³/mol. The number of aryl methyl sites for hydroxylation is 1. The fraction of sp³-hybridized carbons (Fsp3) is 0.167. The van der Waals surface area contributed by atoms with Crippen LogP contribution in [0.1, 0.15) is 5.56 Å². The Bertz CT molecular complexity index is 880. The molecule has 3 aromatic rings. The van der Waals surface area contributed by atoms with Gasteiger partial charge in [-0.05, 0) is 43.5 Å². The summed E-state index contributed by atoms with van der Waals surface area (Å²) in [6.45, 7) is 2.01. The number of hydrogen-bond acceptors (Lipinski definition) is 6. The highest BCUT2D eigenvalue weighted by molar-refractivity contribution is 7.99. The molecule has 0 atom stereocenters. The van der Waals surface area contributed by atoms with E-state index in [0.29, 0.717) is 11.1 Å². The summed E-state index contributed by atoms with van der Waals surface area (Å²) in [6, 6.07) is 15.6. The number of carbonyl (C=O) groups is 1. The zero-order chi connectivity index (χ0) is 17.6. The minimum atomic E-state index is -0.112. The molecule has 1 amide bonds. The molecule has 0 spiro atoms. The van der Waals surface area contributed by atoms with E-state index in [1.807, 2.05) is 61.7 Å². The van der Waals surface area contributed by atoms with Crippen molar-refractivity contribution in [3.63, 3.8) is 0 Å². The summed E-state index contributed by atoms with van der Waals surface area (Å²) < 4.78 is 5.62. The molecule has 1 heterocycles. The lowest BCUT2D eigenvalue weighted by molar-refractivity contribution is -0.113. The lowest BCUT2D eigenvalue weighted by atomic mass is 10.1. The first-order valence-corrected chi connectivity index (χ1v) is 9.82. The molecule has 0 radical (unpaired) electrons. The van der Waals surface area contributed by atoms with Gasteiger partial charge in [0.05, 0.1) is 5.75 Å². The van der Waals surface area contributed by atoms with Gasteiger partial charge in [-0.25, -0.2) is 0 Å². The van der Waals surface area contributed by atoms with E-state index in [0.717, 1.165) is 21.7 Å². The summed E-state index contributed by atoms with van der Waals surface area (Å²) in [5.74, 6) is 0.553. The van der Waals surface area contributed by atoms with E-state index in [4.69, 9.17) is 4.42 Å². The Labute approximate surface area is 154 Å². The van der Waals surface area contributed by atoms with E-state index in [1.165, 1.54) is 11.8 Å². The highest BCUT2D eigenvalue weighted by Crippen LogP contribution is 2.24. The highest BCUT2D eigenvalue weighted by Gasteiger charge is 2.11. The number of anilines is 1. The largest absolute Gasteiger partial charge is 0.411 e. The minimum absolute atomic E-state index is 0.112. The van der Waals surface area contributed by atoms with Crippen molar-refractivity contribution in [2.45, 2.75) is 17.0 Å². The molecule has 0 aliphatic heterocycles. The van der Waals surface area contributed by atoms with Crippen molar-refractivity contribution in [2.75, 3.05) is 17.3 Å². The van der Waals surface area contributed by atoms with Gasteiger partial charge < -0.3 is 9.73 Å². The normalized spacial score (nSPS) is 10.6. The van der Waals surface area contributed by atoms with E-state index in [9.17, 15) is 4.79 Å². The smallest absolute Gasteiger partial charge is 0.277 e. The monoisotopic (exact) mass is 371 g/mol. The summed E-state index contributed by atoms with van der Waals surface area (Å²) in [5, 5.41) is 11.3. The van der Waals surface area contributed by atoms with Crippen LogP contribution in [0.5, 0.6) is 0 Å². The second-order valence-corrected chi connectivity index (χ2v) is 7.12. The summed E-state index contributed by atoms with van der Waals surface area (Å²) in [5.41, 5.74) is 2.78. The van der Waals surface area contributed by atoms with E-state index in [2.05, 4.69) is 15.5 Å². The van der Waals surface area contributed by atoms with E-state index in [1.54, 1.807) is 11.8 Å². The molecule has 0 unspecified atom stereocenters. The fourth-order valence-corrected chi connectivity index (χ4v) is 3.21. The SMILES string of the molecule is CSc1cccc(NC(=O)CSc2nnc(-c3cccc(C)c3)o2)c1. The number of amides is 1. The average Bonchev–Trinajstić information content (AvgIpc) is 3.09. The number of nitrogens with zero attached hydrogens (tertiary/aromatic N) is 2. The third kappa shape index (κ3) is 4.87. The van der Waals surface area contributed by atoms with Gasteiger partial charge in [0.1, 0.15) is 0 Å². The van der Waals surface area contributed by atoms with E-state index < -0.39 is 0 Å². The molecule has 25 heavy (non-hydrogen) atoms. The molecule has 128 valence electrons. The molecule has 1 N–H and O–H groups in total. The van der Waals surface area contributed by atoms with Gasteiger partial charge in [-0.2, -0.15) is 0 Å². The maximum Gasteiger partial charge on any atom is 0.277 e. The van der Waals surface area contributed by atoms with Crippen LogP contribution in [0.2, 0.25) is 0 Å². The lowest BCUT2D eigenvalue weighted by Crippen LogP contribution is -2.13. The number of thioether (sulfide) groups is 2. The Balaban J connectivity index is 1.57. The molecule has 0 aliphatic rings. The maximum absolute atomic E-state index is 12.1. The van der Waals surface area contributed by atoms with Crippen LogP contribution in [0.4, 0.5) is 5.69 Å². The molecule has 0 fully saturated rings. The van der Waals surface area contributed by atoms with Gasteiger partial charge >= 0.3 is 0 Å². The molecular formula is C18H17N3O2S2. The van der Waals surface area contributed by atoms with Crippen LogP contribution in [-0.2, 0) is 4.79 Å². The van der Waals surface area contributed by atoms with Gasteiger partial charge in [0.25, 0.3) is 5.22 Å². The standard InChI is InChI=1S/C18H17N3O2S2/c1-12-5-3-6-13(9-12)17-20-21-18(23-17)25-11-16(22)19-14-7-4-8-15(10-14)24-2/h3-10H,11H2,1-2H3,(H,19,22). The zero-order valence-corrected chi connectivity index (χ0v) is 15.5. The predicted octanol–water partition coefficient (Wildman–Crippen LogP) is 4.50. The molecule has 0 aliphatic carbocycles. The highest BCUT2D eigenvalue weighted by atomic mass is 32.2. The molecule has 0 saturated heterocycles. The van der Waals surface area contributed by atoms with Crippen LogP contribution in [0.3, 0.4) is 0 Å². The van der Waals surface area contributed by atoms with Crippen LogP contribution in [-0.4, -0.2) is 28.1 Å². The number of nitrogens with one attached hydrogen (secondary N) is 1. The zero-order valence-electron chi connectivity index (χ0n) is 13.9. The molecule has 3 rings (SSSR count). The summed E-state index contributed by atoms with van der Waals surface area (Å²) in [4.78, 5) is 13.2. The number of aromatic nitrogens is 2. The Kier molecular flexibility index (Phi) is 5.78. The van der Waals surface area contributed by atoms with Gasteiger partial charge in [0.15, 0.2) is 0 Å². The Hall–Kier alpha value is -2.25. The Morgan fingerprint density at radius 2 is 2.00 bits per heavy atom. The van der Waals surface area contributed by atoms with E-state index >= 15 is 0 Å². The van der Waals surface area contributed by atoms with Crippen LogP contribution in [0.15, 0.2) is 63.1 Å². The number of rotatable bonds is 6. The van der Waals surface area contributed by atoms with Crippen LogP contribution < -0.4 is 5.32 Å². The first-order valence-electron chi connectivity index (χ1n) is 7.61. The van der Waals surface area contributed by atoms with Crippen molar-refractivity contribution in [1.82, 2.24) is 10.2 Å². The van der Waals surface area contributed by atoms with Crippen molar-refractivity contribution < 1.29 is 9.21 Å². The number of hydrogen-bond donors (Lipinski definition) is 1. The quantitative estimate of drug-likeness (QED) is 0.644. The lowest BCUT2D eigenvalue weighted by Gasteiger charge is -2.05. The molecule has 1 aromatic heterocycles. The van der Waals surface area contributed by atoms with Gasteiger partial charge in [-0.3, -0.25) is 4.79 Å². The fourth-order valence-electron chi connectivity index (χ4n) is 2.19. The molecule has 7 heteroatoms. The van der Waals surface area contributed by atoms with Gasteiger partial charge in [0.2, 0.25) is 11.8 Å². The summed E-state index contributed by atoms with van der Waals surface area (Å²) in [6.07, 6.45) is 2.00. The third-order valence-electron chi connectivity index (χ3n) is 3.35.